The normalized spacial score (nSPS) is 20.0. The van der Waals surface area contributed by atoms with E-state index in [1.54, 1.807) is 7.11 Å². The first-order chi connectivity index (χ1) is 14.3. The molecule has 0 heterocycles. The molecule has 1 unspecified atom stereocenters. The zero-order valence-corrected chi connectivity index (χ0v) is 19.6. The first kappa shape index (κ1) is 26.4. The van der Waals surface area contributed by atoms with Gasteiger partial charge in [0.15, 0.2) is 0 Å². The summed E-state index contributed by atoms with van der Waals surface area (Å²) in [7, 11) is 2.98. The van der Waals surface area contributed by atoms with Crippen LogP contribution in [0.5, 0.6) is 0 Å². The van der Waals surface area contributed by atoms with Crippen molar-refractivity contribution in [2.24, 2.45) is 17.3 Å². The van der Waals surface area contributed by atoms with Crippen molar-refractivity contribution in [3.05, 3.63) is 24.0 Å². The highest BCUT2D eigenvalue weighted by Gasteiger charge is 2.36. The summed E-state index contributed by atoms with van der Waals surface area (Å²) >= 11 is 0. The molecule has 0 aromatic heterocycles. The summed E-state index contributed by atoms with van der Waals surface area (Å²) in [5, 5.41) is 10.4. The molecular formula is C25H42O5. The third-order valence-corrected chi connectivity index (χ3v) is 6.19. The predicted molar refractivity (Wildman–Crippen MR) is 120 cm³/mol. The number of Topliss-reactive ketones (excluding diaryl/α,β-unsaturated/α-hetero) is 1. The second-order valence-corrected chi connectivity index (χ2v) is 9.20. The third kappa shape index (κ3) is 9.03. The number of unbranched alkanes of at least 4 members (excludes halogenated alkanes) is 1. The van der Waals surface area contributed by atoms with E-state index in [0.29, 0.717) is 25.7 Å². The SMILES string of the molecule is CCCCC(C)(C)C/C=C(/O)C(C/C=C\CC[C@H](C(=O)OC)[C@H]1CCCC1=O)OC. The summed E-state index contributed by atoms with van der Waals surface area (Å²) in [6, 6.07) is 0. The minimum Gasteiger partial charge on any atom is -0.510 e. The first-order valence-corrected chi connectivity index (χ1v) is 11.4. The Kier molecular flexibility index (Phi) is 12.0. The number of allylic oxidation sites excluding steroid dienone is 2. The van der Waals surface area contributed by atoms with Crippen LogP contribution in [0.1, 0.15) is 85.0 Å². The Labute approximate surface area is 182 Å². The molecule has 0 bridgehead atoms. The minimum absolute atomic E-state index is 0.165. The molecule has 1 rings (SSSR count). The van der Waals surface area contributed by atoms with Gasteiger partial charge in [0.25, 0.3) is 0 Å². The standard InChI is InChI=1S/C25H42O5/c1-6-7-17-25(2,3)18-16-22(27)23(29-4)15-10-8-9-12-20(24(28)30-5)19-13-11-14-21(19)26/h8,10,16,19-20,23,27H,6-7,9,11-15,17-18H2,1-5H3/b10-8-,22-16+/t19-,20+,23?/m1/s1. The van der Waals surface area contributed by atoms with Crippen molar-refractivity contribution in [2.45, 2.75) is 91.1 Å². The van der Waals surface area contributed by atoms with Crippen LogP contribution in [0.25, 0.3) is 0 Å². The summed E-state index contributed by atoms with van der Waals surface area (Å²) in [6.07, 6.45) is 13.9. The number of carbonyl (C=O) groups excluding carboxylic acids is 2. The van der Waals surface area contributed by atoms with Gasteiger partial charge in [-0.05, 0) is 56.4 Å². The van der Waals surface area contributed by atoms with E-state index in [0.717, 1.165) is 25.7 Å². The number of methoxy groups -OCH3 is 2. The first-order valence-electron chi connectivity index (χ1n) is 11.4. The van der Waals surface area contributed by atoms with Gasteiger partial charge in [-0.2, -0.15) is 0 Å². The molecule has 1 saturated carbocycles. The van der Waals surface area contributed by atoms with Crippen LogP contribution in [0.2, 0.25) is 0 Å². The van der Waals surface area contributed by atoms with Crippen LogP contribution in [0, 0.1) is 17.3 Å². The molecule has 1 aliphatic rings. The van der Waals surface area contributed by atoms with Gasteiger partial charge >= 0.3 is 5.97 Å². The van der Waals surface area contributed by atoms with Crippen LogP contribution in [0.3, 0.4) is 0 Å². The van der Waals surface area contributed by atoms with Crippen LogP contribution in [-0.2, 0) is 19.1 Å². The lowest BCUT2D eigenvalue weighted by molar-refractivity contribution is -0.149. The molecule has 0 aromatic rings. The average Bonchev–Trinajstić information content (AvgIpc) is 3.15. The van der Waals surface area contributed by atoms with Crippen molar-refractivity contribution in [2.75, 3.05) is 14.2 Å². The van der Waals surface area contributed by atoms with E-state index in [1.807, 2.05) is 18.2 Å². The maximum atomic E-state index is 12.1. The van der Waals surface area contributed by atoms with Gasteiger partial charge in [0, 0.05) is 19.4 Å². The number of ether oxygens (including phenoxy) is 2. The molecular weight excluding hydrogens is 380 g/mol. The molecule has 0 spiro atoms. The number of ketones is 1. The van der Waals surface area contributed by atoms with E-state index in [2.05, 4.69) is 20.8 Å². The van der Waals surface area contributed by atoms with Gasteiger partial charge in [-0.1, -0.05) is 45.8 Å². The maximum absolute atomic E-state index is 12.1. The Balaban J connectivity index is 2.53. The Hall–Kier alpha value is -1.62. The monoisotopic (exact) mass is 422 g/mol. The molecule has 0 aromatic carbocycles. The molecule has 1 N–H and O–H groups in total. The molecule has 5 nitrogen and oxygen atoms in total. The lowest BCUT2D eigenvalue weighted by atomic mass is 9.83. The number of aliphatic hydroxyl groups excluding tert-OH is 1. The highest BCUT2D eigenvalue weighted by molar-refractivity contribution is 5.88. The Bertz CT molecular complexity index is 590. The molecule has 30 heavy (non-hydrogen) atoms. The maximum Gasteiger partial charge on any atom is 0.309 e. The van der Waals surface area contributed by atoms with Crippen LogP contribution < -0.4 is 0 Å². The van der Waals surface area contributed by atoms with Crippen molar-refractivity contribution in [3.8, 4) is 0 Å². The minimum atomic E-state index is -0.365. The van der Waals surface area contributed by atoms with Crippen molar-refractivity contribution in [3.63, 3.8) is 0 Å². The largest absolute Gasteiger partial charge is 0.510 e. The highest BCUT2D eigenvalue weighted by Crippen LogP contribution is 2.32. The fourth-order valence-electron chi connectivity index (χ4n) is 4.12. The second-order valence-electron chi connectivity index (χ2n) is 9.20. The van der Waals surface area contributed by atoms with Gasteiger partial charge in [-0.15, -0.1) is 0 Å². The van der Waals surface area contributed by atoms with Crippen molar-refractivity contribution in [1.29, 1.82) is 0 Å². The fraction of sp³-hybridized carbons (Fsp3) is 0.760. The second kappa shape index (κ2) is 13.6. The number of rotatable bonds is 14. The van der Waals surface area contributed by atoms with Gasteiger partial charge < -0.3 is 14.6 Å². The van der Waals surface area contributed by atoms with Gasteiger partial charge in [0.2, 0.25) is 0 Å². The number of esters is 1. The smallest absolute Gasteiger partial charge is 0.309 e. The quantitative estimate of drug-likeness (QED) is 0.213. The number of hydrogen-bond acceptors (Lipinski definition) is 5. The zero-order valence-electron chi connectivity index (χ0n) is 19.6. The number of carbonyl (C=O) groups is 2. The summed E-state index contributed by atoms with van der Waals surface area (Å²) in [5.41, 5.74) is 0.165. The number of hydrogen-bond donors (Lipinski definition) is 1. The molecule has 0 aliphatic heterocycles. The van der Waals surface area contributed by atoms with E-state index in [4.69, 9.17) is 9.47 Å². The van der Waals surface area contributed by atoms with E-state index < -0.39 is 0 Å². The van der Waals surface area contributed by atoms with Crippen LogP contribution >= 0.6 is 0 Å². The van der Waals surface area contributed by atoms with Gasteiger partial charge in [0.1, 0.15) is 17.6 Å². The number of aliphatic hydroxyl groups is 1. The summed E-state index contributed by atoms with van der Waals surface area (Å²) in [4.78, 5) is 24.2. The fourth-order valence-corrected chi connectivity index (χ4v) is 4.12. The predicted octanol–water partition coefficient (Wildman–Crippen LogP) is 5.93. The summed E-state index contributed by atoms with van der Waals surface area (Å²) in [5.74, 6) is -0.377. The summed E-state index contributed by atoms with van der Waals surface area (Å²) < 4.78 is 10.4. The van der Waals surface area contributed by atoms with E-state index >= 15 is 0 Å². The van der Waals surface area contributed by atoms with Crippen molar-refractivity contribution in [1.82, 2.24) is 0 Å². The van der Waals surface area contributed by atoms with Gasteiger partial charge in [-0.25, -0.2) is 0 Å². The van der Waals surface area contributed by atoms with E-state index in [-0.39, 0.29) is 40.9 Å². The van der Waals surface area contributed by atoms with Gasteiger partial charge in [-0.3, -0.25) is 9.59 Å². The molecule has 0 amide bonds. The van der Waals surface area contributed by atoms with Crippen LogP contribution in [0.4, 0.5) is 0 Å². The molecule has 5 heteroatoms. The van der Waals surface area contributed by atoms with Crippen LogP contribution in [0.15, 0.2) is 24.0 Å². The molecule has 0 saturated heterocycles. The van der Waals surface area contributed by atoms with Crippen LogP contribution in [-0.4, -0.2) is 37.2 Å². The highest BCUT2D eigenvalue weighted by atomic mass is 16.5. The lowest BCUT2D eigenvalue weighted by Crippen LogP contribution is -2.27. The van der Waals surface area contributed by atoms with Crippen molar-refractivity contribution < 1.29 is 24.2 Å². The molecule has 0 radical (unpaired) electrons. The lowest BCUT2D eigenvalue weighted by Gasteiger charge is -2.23. The van der Waals surface area contributed by atoms with E-state index in [9.17, 15) is 14.7 Å². The zero-order chi connectivity index (χ0) is 22.6. The molecule has 3 atom stereocenters. The van der Waals surface area contributed by atoms with E-state index in [1.165, 1.54) is 20.0 Å². The third-order valence-electron chi connectivity index (χ3n) is 6.19. The summed E-state index contributed by atoms with van der Waals surface area (Å²) in [6.45, 7) is 6.64. The topological polar surface area (TPSA) is 72.8 Å². The van der Waals surface area contributed by atoms with Crippen molar-refractivity contribution >= 4 is 11.8 Å². The van der Waals surface area contributed by atoms with Gasteiger partial charge in [0.05, 0.1) is 13.0 Å². The average molecular weight is 423 g/mol. The Morgan fingerprint density at radius 2 is 2.03 bits per heavy atom. The Morgan fingerprint density at radius 1 is 1.30 bits per heavy atom. The molecule has 172 valence electrons. The molecule has 1 aliphatic carbocycles. The Morgan fingerprint density at radius 3 is 2.60 bits per heavy atom. The molecule has 1 fully saturated rings.